The van der Waals surface area contributed by atoms with E-state index in [1.807, 2.05) is 13.0 Å². The molecule has 0 bridgehead atoms. The first-order chi connectivity index (χ1) is 9.29. The summed E-state index contributed by atoms with van der Waals surface area (Å²) >= 11 is 4.87. The third kappa shape index (κ3) is 6.21. The molecule has 1 aromatic rings. The molecule has 0 aliphatic rings. The standard InChI is InChI=1S/C13H16F3NO2S/c1-9-3-4-10(12(17)20)7-11(9)19-6-2-5-18-8-13(14,15)16/h3-4,7H,2,5-6,8H2,1H3,(H2,17,20). The molecular formula is C13H16F3NO2S. The maximum atomic E-state index is 11.8. The summed E-state index contributed by atoms with van der Waals surface area (Å²) in [7, 11) is 0. The first-order valence-corrected chi connectivity index (χ1v) is 6.38. The van der Waals surface area contributed by atoms with Gasteiger partial charge in [-0.2, -0.15) is 13.2 Å². The number of ether oxygens (including phenoxy) is 2. The Hall–Kier alpha value is -1.34. The summed E-state index contributed by atoms with van der Waals surface area (Å²) in [6, 6.07) is 5.33. The molecule has 2 N–H and O–H groups in total. The summed E-state index contributed by atoms with van der Waals surface area (Å²) in [5.41, 5.74) is 7.11. The Labute approximate surface area is 120 Å². The van der Waals surface area contributed by atoms with Crippen LogP contribution in [0.5, 0.6) is 5.75 Å². The van der Waals surface area contributed by atoms with E-state index in [0.29, 0.717) is 17.7 Å². The molecule has 7 heteroatoms. The predicted octanol–water partition coefficient (Wildman–Crippen LogP) is 2.98. The fourth-order valence-corrected chi connectivity index (χ4v) is 1.57. The lowest BCUT2D eigenvalue weighted by Crippen LogP contribution is -2.18. The van der Waals surface area contributed by atoms with E-state index in [4.69, 9.17) is 22.7 Å². The van der Waals surface area contributed by atoms with E-state index >= 15 is 0 Å². The summed E-state index contributed by atoms with van der Waals surface area (Å²) < 4.78 is 45.4. The number of nitrogens with two attached hydrogens (primary N) is 1. The van der Waals surface area contributed by atoms with Gasteiger partial charge >= 0.3 is 6.18 Å². The van der Waals surface area contributed by atoms with Crippen molar-refractivity contribution in [1.82, 2.24) is 0 Å². The normalized spacial score (nSPS) is 11.4. The van der Waals surface area contributed by atoms with Crippen LogP contribution < -0.4 is 10.5 Å². The molecule has 0 fully saturated rings. The lowest BCUT2D eigenvalue weighted by molar-refractivity contribution is -0.174. The molecule has 20 heavy (non-hydrogen) atoms. The third-order valence-corrected chi connectivity index (χ3v) is 2.66. The molecule has 0 saturated heterocycles. The van der Waals surface area contributed by atoms with Crippen molar-refractivity contribution < 1.29 is 22.6 Å². The Morgan fingerprint density at radius 3 is 2.60 bits per heavy atom. The number of rotatable bonds is 7. The quantitative estimate of drug-likeness (QED) is 0.621. The maximum absolute atomic E-state index is 11.8. The summed E-state index contributed by atoms with van der Waals surface area (Å²) in [6.45, 7) is 0.884. The van der Waals surface area contributed by atoms with Crippen LogP contribution in [0.2, 0.25) is 0 Å². The van der Waals surface area contributed by atoms with E-state index in [1.54, 1.807) is 12.1 Å². The van der Waals surface area contributed by atoms with E-state index < -0.39 is 12.8 Å². The highest BCUT2D eigenvalue weighted by Crippen LogP contribution is 2.20. The average Bonchev–Trinajstić information content (AvgIpc) is 2.34. The topological polar surface area (TPSA) is 44.5 Å². The molecule has 1 rings (SSSR count). The molecule has 112 valence electrons. The van der Waals surface area contributed by atoms with E-state index in [-0.39, 0.29) is 18.2 Å². The lowest BCUT2D eigenvalue weighted by atomic mass is 10.1. The largest absolute Gasteiger partial charge is 0.493 e. The summed E-state index contributed by atoms with van der Waals surface area (Å²) in [6.07, 6.45) is -3.92. The van der Waals surface area contributed by atoms with Crippen LogP contribution in [0.1, 0.15) is 17.5 Å². The zero-order chi connectivity index (χ0) is 15.2. The van der Waals surface area contributed by atoms with Gasteiger partial charge in [-0.1, -0.05) is 24.4 Å². The zero-order valence-electron chi connectivity index (χ0n) is 11.0. The van der Waals surface area contributed by atoms with Gasteiger partial charge in [0.2, 0.25) is 0 Å². The molecular weight excluding hydrogens is 291 g/mol. The van der Waals surface area contributed by atoms with Crippen LogP contribution in [0, 0.1) is 6.92 Å². The number of alkyl halides is 3. The van der Waals surface area contributed by atoms with Gasteiger partial charge in [-0.25, -0.2) is 0 Å². The number of hydrogen-bond acceptors (Lipinski definition) is 3. The van der Waals surface area contributed by atoms with Crippen LogP contribution in [0.25, 0.3) is 0 Å². The highest BCUT2D eigenvalue weighted by molar-refractivity contribution is 7.80. The Balaban J connectivity index is 2.35. The van der Waals surface area contributed by atoms with Gasteiger partial charge in [0.25, 0.3) is 0 Å². The highest BCUT2D eigenvalue weighted by Gasteiger charge is 2.27. The number of thiocarbonyl (C=S) groups is 1. The van der Waals surface area contributed by atoms with Crippen LogP contribution in [-0.4, -0.2) is 31.0 Å². The molecule has 0 radical (unpaired) electrons. The van der Waals surface area contributed by atoms with Gasteiger partial charge in [-0.3, -0.25) is 0 Å². The number of aryl methyl sites for hydroxylation is 1. The Kier molecular flexibility index (Phi) is 6.22. The summed E-state index contributed by atoms with van der Waals surface area (Å²) in [4.78, 5) is 0.267. The minimum Gasteiger partial charge on any atom is -0.493 e. The van der Waals surface area contributed by atoms with Crippen LogP contribution in [0.3, 0.4) is 0 Å². The molecule has 0 amide bonds. The molecule has 0 atom stereocenters. The fraction of sp³-hybridized carbons (Fsp3) is 0.462. The molecule has 3 nitrogen and oxygen atoms in total. The van der Waals surface area contributed by atoms with Crippen molar-refractivity contribution in [3.63, 3.8) is 0 Å². The molecule has 1 aromatic carbocycles. The van der Waals surface area contributed by atoms with Gasteiger partial charge in [0, 0.05) is 12.0 Å². The molecule has 0 unspecified atom stereocenters. The predicted molar refractivity (Wildman–Crippen MR) is 74.1 cm³/mol. The second-order valence-electron chi connectivity index (χ2n) is 4.21. The maximum Gasteiger partial charge on any atom is 0.411 e. The van der Waals surface area contributed by atoms with Gasteiger partial charge in [0.1, 0.15) is 17.3 Å². The molecule has 0 aliphatic carbocycles. The SMILES string of the molecule is Cc1ccc(C(N)=S)cc1OCCCOCC(F)(F)F. The van der Waals surface area contributed by atoms with Gasteiger partial charge in [0.15, 0.2) is 0 Å². The average molecular weight is 307 g/mol. The van der Waals surface area contributed by atoms with E-state index in [0.717, 1.165) is 5.56 Å². The second kappa shape index (κ2) is 7.44. The Morgan fingerprint density at radius 1 is 1.30 bits per heavy atom. The van der Waals surface area contributed by atoms with Crippen molar-refractivity contribution in [2.45, 2.75) is 19.5 Å². The monoisotopic (exact) mass is 307 g/mol. The number of benzene rings is 1. The minimum atomic E-state index is -4.29. The van der Waals surface area contributed by atoms with E-state index in [2.05, 4.69) is 4.74 Å². The second-order valence-corrected chi connectivity index (χ2v) is 4.65. The molecule has 0 spiro atoms. The summed E-state index contributed by atoms with van der Waals surface area (Å²) in [5, 5.41) is 0. The van der Waals surface area contributed by atoms with Gasteiger partial charge in [-0.05, 0) is 18.6 Å². The minimum absolute atomic E-state index is 0.00640. The van der Waals surface area contributed by atoms with Crippen LogP contribution >= 0.6 is 12.2 Å². The zero-order valence-corrected chi connectivity index (χ0v) is 11.8. The Morgan fingerprint density at radius 2 is 2.00 bits per heavy atom. The Bertz CT molecular complexity index is 463. The third-order valence-electron chi connectivity index (χ3n) is 2.43. The summed E-state index contributed by atoms with van der Waals surface area (Å²) in [5.74, 6) is 0.617. The fourth-order valence-electron chi connectivity index (χ4n) is 1.44. The number of halogens is 3. The van der Waals surface area contributed by atoms with E-state index in [9.17, 15) is 13.2 Å². The highest BCUT2D eigenvalue weighted by atomic mass is 32.1. The first kappa shape index (κ1) is 16.7. The van der Waals surface area contributed by atoms with E-state index in [1.165, 1.54) is 0 Å². The lowest BCUT2D eigenvalue weighted by Gasteiger charge is -2.11. The van der Waals surface area contributed by atoms with Crippen molar-refractivity contribution in [3.8, 4) is 5.75 Å². The molecule has 0 heterocycles. The molecule has 0 saturated carbocycles. The van der Waals surface area contributed by atoms with Crippen LogP contribution in [0.4, 0.5) is 13.2 Å². The van der Waals surface area contributed by atoms with Crippen LogP contribution in [0.15, 0.2) is 18.2 Å². The molecule has 0 aliphatic heterocycles. The smallest absolute Gasteiger partial charge is 0.411 e. The van der Waals surface area contributed by atoms with Crippen molar-refractivity contribution >= 4 is 17.2 Å². The van der Waals surface area contributed by atoms with Gasteiger partial charge < -0.3 is 15.2 Å². The first-order valence-electron chi connectivity index (χ1n) is 5.97. The van der Waals surface area contributed by atoms with Crippen molar-refractivity contribution in [1.29, 1.82) is 0 Å². The van der Waals surface area contributed by atoms with Crippen molar-refractivity contribution in [2.75, 3.05) is 19.8 Å². The van der Waals surface area contributed by atoms with Crippen LogP contribution in [-0.2, 0) is 4.74 Å². The van der Waals surface area contributed by atoms with Crippen molar-refractivity contribution in [3.05, 3.63) is 29.3 Å². The molecule has 0 aromatic heterocycles. The van der Waals surface area contributed by atoms with Gasteiger partial charge in [0.05, 0.1) is 13.2 Å². The number of hydrogen-bond donors (Lipinski definition) is 1. The van der Waals surface area contributed by atoms with Gasteiger partial charge in [-0.15, -0.1) is 0 Å². The van der Waals surface area contributed by atoms with Crippen molar-refractivity contribution in [2.24, 2.45) is 5.73 Å².